The van der Waals surface area contributed by atoms with Crippen LogP contribution in [0, 0.1) is 0 Å². The largest absolute Gasteiger partial charge is 0.373 e. The van der Waals surface area contributed by atoms with Gasteiger partial charge >= 0.3 is 0 Å². The zero-order valence-electron chi connectivity index (χ0n) is 19.9. The number of nitrogens with zero attached hydrogens (tertiary/aromatic N) is 2. The molecule has 0 bridgehead atoms. The van der Waals surface area contributed by atoms with E-state index in [1.807, 2.05) is 11.0 Å². The minimum absolute atomic E-state index is 0.00810. The number of morpholine rings is 1. The Bertz CT molecular complexity index is 678. The van der Waals surface area contributed by atoms with E-state index in [9.17, 15) is 9.59 Å². The highest BCUT2D eigenvalue weighted by Gasteiger charge is 2.22. The highest BCUT2D eigenvalue weighted by molar-refractivity contribution is 5.79. The van der Waals surface area contributed by atoms with E-state index >= 15 is 0 Å². The zero-order valence-corrected chi connectivity index (χ0v) is 19.9. The second kappa shape index (κ2) is 13.5. The molecule has 6 nitrogen and oxygen atoms in total. The van der Waals surface area contributed by atoms with Gasteiger partial charge in [-0.15, -0.1) is 0 Å². The second-order valence-corrected chi connectivity index (χ2v) is 8.73. The van der Waals surface area contributed by atoms with Crippen LogP contribution < -0.4 is 5.32 Å². The first-order valence-electron chi connectivity index (χ1n) is 11.9. The quantitative estimate of drug-likeness (QED) is 0.548. The maximum atomic E-state index is 12.3. The molecule has 1 N–H and O–H groups in total. The minimum Gasteiger partial charge on any atom is -0.373 e. The third-order valence-corrected chi connectivity index (χ3v) is 5.62. The first kappa shape index (κ1) is 25.3. The number of carbonyl (C=O) groups excluding carboxylic acids is 2. The van der Waals surface area contributed by atoms with Gasteiger partial charge in [-0.1, -0.05) is 38.1 Å². The van der Waals surface area contributed by atoms with E-state index in [2.05, 4.69) is 56.1 Å². The number of nitrogens with one attached hydrogen (secondary N) is 1. The molecule has 1 fully saturated rings. The standard InChI is InChI=1S/C25H41N3O3/c1-5-14-28(15-6-2)25(30)13-9-12-24(29)26-16-22-10-7-8-11-23(22)19-27-17-20(3)31-21(4)18-27/h7-8,10-11,20-21H,5-6,9,12-19H2,1-4H3,(H,26,29). The summed E-state index contributed by atoms with van der Waals surface area (Å²) in [6.45, 7) is 13.2. The molecule has 1 aromatic carbocycles. The van der Waals surface area contributed by atoms with Crippen molar-refractivity contribution in [3.05, 3.63) is 35.4 Å². The Hall–Kier alpha value is -1.92. The number of ether oxygens (including phenoxy) is 1. The number of hydrogen-bond acceptors (Lipinski definition) is 4. The van der Waals surface area contributed by atoms with Crippen molar-refractivity contribution in [3.63, 3.8) is 0 Å². The van der Waals surface area contributed by atoms with E-state index in [0.29, 0.717) is 25.8 Å². The van der Waals surface area contributed by atoms with Crippen molar-refractivity contribution in [3.8, 4) is 0 Å². The molecule has 0 saturated carbocycles. The minimum atomic E-state index is 0.00810. The molecule has 2 amide bonds. The molecule has 1 aromatic rings. The molecule has 2 unspecified atom stereocenters. The van der Waals surface area contributed by atoms with Crippen LogP contribution in [0.15, 0.2) is 24.3 Å². The van der Waals surface area contributed by atoms with Gasteiger partial charge in [0.2, 0.25) is 11.8 Å². The van der Waals surface area contributed by atoms with Crippen LogP contribution in [0.2, 0.25) is 0 Å². The average molecular weight is 432 g/mol. The van der Waals surface area contributed by atoms with Gasteiger partial charge in [-0.3, -0.25) is 14.5 Å². The van der Waals surface area contributed by atoms with Crippen LogP contribution in [0.3, 0.4) is 0 Å². The van der Waals surface area contributed by atoms with Crippen molar-refractivity contribution in [1.29, 1.82) is 0 Å². The van der Waals surface area contributed by atoms with E-state index in [-0.39, 0.29) is 24.0 Å². The number of benzene rings is 1. The molecule has 174 valence electrons. The fraction of sp³-hybridized carbons (Fsp3) is 0.680. The van der Waals surface area contributed by atoms with Gasteiger partial charge in [0.25, 0.3) is 0 Å². The summed E-state index contributed by atoms with van der Waals surface area (Å²) in [6, 6.07) is 8.29. The van der Waals surface area contributed by atoms with E-state index < -0.39 is 0 Å². The summed E-state index contributed by atoms with van der Waals surface area (Å²) >= 11 is 0. The Morgan fingerprint density at radius 2 is 1.65 bits per heavy atom. The van der Waals surface area contributed by atoms with Crippen LogP contribution in [0.1, 0.15) is 70.9 Å². The Kier molecular flexibility index (Phi) is 11.0. The number of amides is 2. The third kappa shape index (κ3) is 8.99. The van der Waals surface area contributed by atoms with Crippen molar-refractivity contribution >= 4 is 11.8 Å². The van der Waals surface area contributed by atoms with Crippen LogP contribution in [-0.2, 0) is 27.4 Å². The molecule has 0 aromatic heterocycles. The van der Waals surface area contributed by atoms with Crippen molar-refractivity contribution in [1.82, 2.24) is 15.1 Å². The predicted octanol–water partition coefficient (Wildman–Crippen LogP) is 3.73. The Morgan fingerprint density at radius 1 is 1.03 bits per heavy atom. The van der Waals surface area contributed by atoms with Gasteiger partial charge in [0.05, 0.1) is 12.2 Å². The Morgan fingerprint density at radius 3 is 2.26 bits per heavy atom. The van der Waals surface area contributed by atoms with Gasteiger partial charge < -0.3 is 15.0 Å². The SMILES string of the molecule is CCCN(CCC)C(=O)CCCC(=O)NCc1ccccc1CN1CC(C)OC(C)C1. The fourth-order valence-electron chi connectivity index (χ4n) is 4.28. The van der Waals surface area contributed by atoms with Crippen molar-refractivity contribution in [2.75, 3.05) is 26.2 Å². The van der Waals surface area contributed by atoms with Crippen molar-refractivity contribution in [2.24, 2.45) is 0 Å². The monoisotopic (exact) mass is 431 g/mol. The van der Waals surface area contributed by atoms with Crippen LogP contribution in [-0.4, -0.2) is 60.0 Å². The number of carbonyl (C=O) groups is 2. The third-order valence-electron chi connectivity index (χ3n) is 5.62. The molecular weight excluding hydrogens is 390 g/mol. The van der Waals surface area contributed by atoms with Gasteiger partial charge in [-0.25, -0.2) is 0 Å². The smallest absolute Gasteiger partial charge is 0.222 e. The summed E-state index contributed by atoms with van der Waals surface area (Å²) in [6.07, 6.45) is 3.84. The number of rotatable bonds is 12. The lowest BCUT2D eigenvalue weighted by molar-refractivity contribution is -0.131. The molecule has 1 aliphatic heterocycles. The van der Waals surface area contributed by atoms with Gasteiger partial charge in [0.15, 0.2) is 0 Å². The molecule has 6 heteroatoms. The van der Waals surface area contributed by atoms with Crippen LogP contribution in [0.5, 0.6) is 0 Å². The highest BCUT2D eigenvalue weighted by Crippen LogP contribution is 2.17. The normalized spacial score (nSPS) is 19.2. The van der Waals surface area contributed by atoms with E-state index in [0.717, 1.165) is 51.1 Å². The molecule has 0 aliphatic carbocycles. The summed E-state index contributed by atoms with van der Waals surface area (Å²) in [5.41, 5.74) is 2.39. The summed E-state index contributed by atoms with van der Waals surface area (Å²) in [4.78, 5) is 29.0. The number of hydrogen-bond donors (Lipinski definition) is 1. The van der Waals surface area contributed by atoms with Crippen LogP contribution >= 0.6 is 0 Å². The van der Waals surface area contributed by atoms with Gasteiger partial charge in [-0.05, 0) is 44.2 Å². The molecule has 2 rings (SSSR count). The average Bonchev–Trinajstić information content (AvgIpc) is 2.72. The predicted molar refractivity (Wildman–Crippen MR) is 125 cm³/mol. The maximum absolute atomic E-state index is 12.3. The summed E-state index contributed by atoms with van der Waals surface area (Å²) in [7, 11) is 0. The lowest BCUT2D eigenvalue weighted by Gasteiger charge is -2.35. The molecular formula is C25H41N3O3. The fourth-order valence-corrected chi connectivity index (χ4v) is 4.28. The van der Waals surface area contributed by atoms with Crippen molar-refractivity contribution in [2.45, 2.75) is 85.1 Å². The van der Waals surface area contributed by atoms with Gasteiger partial charge in [0, 0.05) is 52.1 Å². The van der Waals surface area contributed by atoms with Crippen LogP contribution in [0.25, 0.3) is 0 Å². The topological polar surface area (TPSA) is 61.9 Å². The van der Waals surface area contributed by atoms with Crippen molar-refractivity contribution < 1.29 is 14.3 Å². The summed E-state index contributed by atoms with van der Waals surface area (Å²) in [5, 5.41) is 3.04. The lowest BCUT2D eigenvalue weighted by Crippen LogP contribution is -2.45. The molecule has 1 aliphatic rings. The lowest BCUT2D eigenvalue weighted by atomic mass is 10.1. The maximum Gasteiger partial charge on any atom is 0.222 e. The molecule has 2 atom stereocenters. The van der Waals surface area contributed by atoms with E-state index in [1.54, 1.807) is 0 Å². The summed E-state index contributed by atoms with van der Waals surface area (Å²) < 4.78 is 5.83. The van der Waals surface area contributed by atoms with Crippen LogP contribution in [0.4, 0.5) is 0 Å². The molecule has 31 heavy (non-hydrogen) atoms. The molecule has 0 spiro atoms. The zero-order chi connectivity index (χ0) is 22.6. The van der Waals surface area contributed by atoms with Gasteiger partial charge in [-0.2, -0.15) is 0 Å². The summed E-state index contributed by atoms with van der Waals surface area (Å²) in [5.74, 6) is 0.171. The van der Waals surface area contributed by atoms with Gasteiger partial charge in [0.1, 0.15) is 0 Å². The molecule has 0 radical (unpaired) electrons. The molecule has 1 heterocycles. The first-order valence-corrected chi connectivity index (χ1v) is 11.9. The second-order valence-electron chi connectivity index (χ2n) is 8.73. The van der Waals surface area contributed by atoms with E-state index in [4.69, 9.17) is 4.74 Å². The van der Waals surface area contributed by atoms with E-state index in [1.165, 1.54) is 5.56 Å². The Balaban J connectivity index is 1.78. The first-order chi connectivity index (χ1) is 14.9. The molecule has 1 saturated heterocycles. The highest BCUT2D eigenvalue weighted by atomic mass is 16.5. The Labute approximate surface area is 188 Å².